The van der Waals surface area contributed by atoms with E-state index in [9.17, 15) is 18.0 Å². The topological polar surface area (TPSA) is 86.8 Å². The number of nitrogens with one attached hydrogen (secondary N) is 1. The van der Waals surface area contributed by atoms with Crippen molar-refractivity contribution >= 4 is 55.1 Å². The summed E-state index contributed by atoms with van der Waals surface area (Å²) in [6.45, 7) is 5.81. The standard InChI is InChI=1S/C30H35BrClN3O4S/c1-21(2)18-33-30(37)28(17-23-10-6-5-7-11-23)34(19-24-12-8-9-13-27(24)32)29(36)20-35(40(4,38)39)25-14-15-26(31)22(3)16-25/h5-16,21,28H,17-20H2,1-4H3,(H,33,37). The van der Waals surface area contributed by atoms with Crippen molar-refractivity contribution in [2.24, 2.45) is 5.92 Å². The molecule has 0 saturated carbocycles. The van der Waals surface area contributed by atoms with E-state index in [2.05, 4.69) is 21.2 Å². The van der Waals surface area contributed by atoms with Gasteiger partial charge in [-0.2, -0.15) is 0 Å². The number of nitrogens with zero attached hydrogens (tertiary/aromatic N) is 2. The summed E-state index contributed by atoms with van der Waals surface area (Å²) in [5, 5.41) is 3.41. The second kappa shape index (κ2) is 14.1. The van der Waals surface area contributed by atoms with Crippen LogP contribution in [0.3, 0.4) is 0 Å². The van der Waals surface area contributed by atoms with Gasteiger partial charge in [-0.3, -0.25) is 13.9 Å². The zero-order valence-electron chi connectivity index (χ0n) is 23.1. The van der Waals surface area contributed by atoms with Gasteiger partial charge in [0.1, 0.15) is 12.6 Å². The molecule has 7 nitrogen and oxygen atoms in total. The number of hydrogen-bond acceptors (Lipinski definition) is 4. The molecule has 0 spiro atoms. The molecule has 1 atom stereocenters. The number of carbonyl (C=O) groups excluding carboxylic acids is 2. The van der Waals surface area contributed by atoms with Crippen molar-refractivity contribution in [3.05, 3.63) is 99.0 Å². The first-order chi connectivity index (χ1) is 18.9. The molecular weight excluding hydrogens is 614 g/mol. The van der Waals surface area contributed by atoms with Crippen LogP contribution in [0.4, 0.5) is 5.69 Å². The van der Waals surface area contributed by atoms with E-state index in [1.807, 2.05) is 57.2 Å². The highest BCUT2D eigenvalue weighted by Gasteiger charge is 2.33. The normalized spacial score (nSPS) is 12.2. The minimum Gasteiger partial charge on any atom is -0.354 e. The van der Waals surface area contributed by atoms with Crippen molar-refractivity contribution in [3.8, 4) is 0 Å². The second-order valence-electron chi connectivity index (χ2n) is 10.2. The summed E-state index contributed by atoms with van der Waals surface area (Å²) in [5.41, 5.74) is 2.70. The molecule has 0 aliphatic heterocycles. The lowest BCUT2D eigenvalue weighted by Crippen LogP contribution is -2.53. The van der Waals surface area contributed by atoms with Gasteiger partial charge < -0.3 is 10.2 Å². The summed E-state index contributed by atoms with van der Waals surface area (Å²) < 4.78 is 27.7. The van der Waals surface area contributed by atoms with Crippen molar-refractivity contribution < 1.29 is 18.0 Å². The molecule has 40 heavy (non-hydrogen) atoms. The molecule has 0 aromatic heterocycles. The van der Waals surface area contributed by atoms with Crippen molar-refractivity contribution in [1.29, 1.82) is 0 Å². The van der Waals surface area contributed by atoms with Crippen LogP contribution in [0.5, 0.6) is 0 Å². The Labute approximate surface area is 250 Å². The molecule has 1 N–H and O–H groups in total. The minimum absolute atomic E-state index is 0.0298. The smallest absolute Gasteiger partial charge is 0.244 e. The molecule has 214 valence electrons. The Morgan fingerprint density at radius 2 is 1.65 bits per heavy atom. The lowest BCUT2D eigenvalue weighted by Gasteiger charge is -2.34. The number of rotatable bonds is 12. The highest BCUT2D eigenvalue weighted by molar-refractivity contribution is 9.10. The fourth-order valence-corrected chi connectivity index (χ4v) is 5.47. The summed E-state index contributed by atoms with van der Waals surface area (Å²) in [5.74, 6) is -0.634. The monoisotopic (exact) mass is 647 g/mol. The maximum Gasteiger partial charge on any atom is 0.244 e. The Morgan fingerprint density at radius 3 is 2.25 bits per heavy atom. The lowest BCUT2D eigenvalue weighted by atomic mass is 10.0. The fraction of sp³-hybridized carbons (Fsp3) is 0.333. The van der Waals surface area contributed by atoms with Gasteiger partial charge in [0, 0.05) is 29.0 Å². The number of anilines is 1. The Kier molecular flexibility index (Phi) is 11.2. The molecule has 1 unspecified atom stereocenters. The van der Waals surface area contributed by atoms with Crippen molar-refractivity contribution in [2.75, 3.05) is 23.7 Å². The molecule has 0 saturated heterocycles. The molecule has 3 rings (SSSR count). The maximum atomic E-state index is 14.1. The second-order valence-corrected chi connectivity index (χ2v) is 13.3. The SMILES string of the molecule is Cc1cc(N(CC(=O)N(Cc2ccccc2Cl)C(Cc2ccccc2)C(=O)NCC(C)C)S(C)(=O)=O)ccc1Br. The van der Waals surface area contributed by atoms with Crippen molar-refractivity contribution in [3.63, 3.8) is 0 Å². The predicted molar refractivity (Wildman–Crippen MR) is 165 cm³/mol. The van der Waals surface area contributed by atoms with Crippen LogP contribution in [-0.2, 0) is 32.6 Å². The Morgan fingerprint density at radius 1 is 1.00 bits per heavy atom. The average molecular weight is 649 g/mol. The van der Waals surface area contributed by atoms with Gasteiger partial charge in [-0.15, -0.1) is 0 Å². The molecule has 2 amide bonds. The number of hydrogen-bond donors (Lipinski definition) is 1. The summed E-state index contributed by atoms with van der Waals surface area (Å²) >= 11 is 9.92. The molecule has 0 aliphatic carbocycles. The number of carbonyl (C=O) groups is 2. The fourth-order valence-electron chi connectivity index (χ4n) is 4.18. The third-order valence-corrected chi connectivity index (χ3v) is 8.76. The van der Waals surface area contributed by atoms with Gasteiger partial charge in [-0.05, 0) is 53.8 Å². The van der Waals surface area contributed by atoms with Crippen LogP contribution in [0.15, 0.2) is 77.3 Å². The van der Waals surface area contributed by atoms with Crippen LogP contribution in [0.25, 0.3) is 0 Å². The van der Waals surface area contributed by atoms with Gasteiger partial charge in [0.05, 0.1) is 11.9 Å². The van der Waals surface area contributed by atoms with Crippen LogP contribution in [-0.4, -0.2) is 50.5 Å². The van der Waals surface area contributed by atoms with Gasteiger partial charge in [-0.1, -0.05) is 89.9 Å². The van der Waals surface area contributed by atoms with Gasteiger partial charge in [0.25, 0.3) is 0 Å². The van der Waals surface area contributed by atoms with Crippen molar-refractivity contribution in [1.82, 2.24) is 10.2 Å². The molecule has 0 radical (unpaired) electrons. The molecule has 0 heterocycles. The molecule has 10 heteroatoms. The van der Waals surface area contributed by atoms with Gasteiger partial charge in [0.15, 0.2) is 0 Å². The first kappa shape index (κ1) is 31.6. The minimum atomic E-state index is -3.84. The first-order valence-electron chi connectivity index (χ1n) is 12.9. The quantitative estimate of drug-likeness (QED) is 0.278. The van der Waals surface area contributed by atoms with Crippen LogP contribution < -0.4 is 9.62 Å². The number of halogens is 2. The summed E-state index contributed by atoms with van der Waals surface area (Å²) in [7, 11) is -3.84. The average Bonchev–Trinajstić information content (AvgIpc) is 2.90. The van der Waals surface area contributed by atoms with E-state index in [1.54, 1.807) is 36.4 Å². The third-order valence-electron chi connectivity index (χ3n) is 6.36. The number of sulfonamides is 1. The molecule has 0 aliphatic rings. The van der Waals surface area contributed by atoms with Gasteiger partial charge >= 0.3 is 0 Å². The zero-order chi connectivity index (χ0) is 29.4. The van der Waals surface area contributed by atoms with Crippen LogP contribution in [0.1, 0.15) is 30.5 Å². The van der Waals surface area contributed by atoms with Crippen LogP contribution >= 0.6 is 27.5 Å². The van der Waals surface area contributed by atoms with E-state index < -0.39 is 28.5 Å². The predicted octanol–water partition coefficient (Wildman–Crippen LogP) is 5.59. The van der Waals surface area contributed by atoms with E-state index in [0.29, 0.717) is 22.8 Å². The number of aryl methyl sites for hydroxylation is 1. The highest BCUT2D eigenvalue weighted by atomic mass is 79.9. The molecule has 0 fully saturated rings. The first-order valence-corrected chi connectivity index (χ1v) is 16.0. The third kappa shape index (κ3) is 8.81. The Hall–Kier alpha value is -2.88. The highest BCUT2D eigenvalue weighted by Crippen LogP contribution is 2.26. The van der Waals surface area contributed by atoms with Crippen LogP contribution in [0.2, 0.25) is 5.02 Å². The lowest BCUT2D eigenvalue weighted by molar-refractivity contribution is -0.140. The van der Waals surface area contributed by atoms with Crippen LogP contribution in [0, 0.1) is 12.8 Å². The number of amides is 2. The largest absolute Gasteiger partial charge is 0.354 e. The molecule has 3 aromatic carbocycles. The summed E-state index contributed by atoms with van der Waals surface area (Å²) in [4.78, 5) is 29.2. The van der Waals surface area contributed by atoms with Gasteiger partial charge in [0.2, 0.25) is 21.8 Å². The zero-order valence-corrected chi connectivity index (χ0v) is 26.3. The van der Waals surface area contributed by atoms with Gasteiger partial charge in [-0.25, -0.2) is 8.42 Å². The molecule has 0 bridgehead atoms. The van der Waals surface area contributed by atoms with E-state index in [-0.39, 0.29) is 24.8 Å². The van der Waals surface area contributed by atoms with Crippen molar-refractivity contribution in [2.45, 2.75) is 39.8 Å². The number of benzene rings is 3. The molecule has 3 aromatic rings. The summed E-state index contributed by atoms with van der Waals surface area (Å²) in [6.07, 6.45) is 1.31. The van der Waals surface area contributed by atoms with E-state index in [1.165, 1.54) is 4.90 Å². The van der Waals surface area contributed by atoms with E-state index >= 15 is 0 Å². The van der Waals surface area contributed by atoms with E-state index in [4.69, 9.17) is 11.6 Å². The molecular formula is C30H35BrClN3O4S. The van der Waals surface area contributed by atoms with E-state index in [0.717, 1.165) is 26.2 Å². The Bertz CT molecular complexity index is 1430. The Balaban J connectivity index is 2.07. The maximum absolute atomic E-state index is 14.1. The summed E-state index contributed by atoms with van der Waals surface area (Å²) in [6, 6.07) is 20.7.